The Morgan fingerprint density at radius 3 is 2.37 bits per heavy atom. The van der Waals surface area contributed by atoms with Crippen LogP contribution in [-0.4, -0.2) is 29.0 Å². The van der Waals surface area contributed by atoms with Gasteiger partial charge in [-0.15, -0.1) is 0 Å². The minimum absolute atomic E-state index is 0.149. The van der Waals surface area contributed by atoms with E-state index in [4.69, 9.17) is 0 Å². The maximum atomic E-state index is 13.0. The average Bonchev–Trinajstić information content (AvgIpc) is 3.26. The Morgan fingerprint density at radius 2 is 1.67 bits per heavy atom. The van der Waals surface area contributed by atoms with Gasteiger partial charge in [-0.2, -0.15) is 0 Å². The van der Waals surface area contributed by atoms with Crippen molar-refractivity contribution in [3.05, 3.63) is 71.8 Å². The van der Waals surface area contributed by atoms with Crippen LogP contribution in [-0.2, 0) is 11.2 Å². The van der Waals surface area contributed by atoms with E-state index in [0.29, 0.717) is 5.69 Å². The first-order valence-corrected chi connectivity index (χ1v) is 10.1. The van der Waals surface area contributed by atoms with Gasteiger partial charge in [0.15, 0.2) is 0 Å². The van der Waals surface area contributed by atoms with Gasteiger partial charge in [0.25, 0.3) is 0 Å². The van der Waals surface area contributed by atoms with E-state index in [-0.39, 0.29) is 18.1 Å². The van der Waals surface area contributed by atoms with Crippen molar-refractivity contribution in [2.24, 2.45) is 0 Å². The van der Waals surface area contributed by atoms with Crippen molar-refractivity contribution in [3.63, 3.8) is 0 Å². The summed E-state index contributed by atoms with van der Waals surface area (Å²) in [4.78, 5) is 23.5. The molecule has 30 heavy (non-hydrogen) atoms. The second kappa shape index (κ2) is 8.90. The number of benzene rings is 2. The molecular formula is C23H24FN5O. The first-order chi connectivity index (χ1) is 14.5. The molecule has 0 unspecified atom stereocenters. The van der Waals surface area contributed by atoms with E-state index in [1.807, 2.05) is 37.3 Å². The zero-order valence-corrected chi connectivity index (χ0v) is 16.9. The second-order valence-corrected chi connectivity index (χ2v) is 7.41. The van der Waals surface area contributed by atoms with Gasteiger partial charge >= 0.3 is 0 Å². The SMILES string of the molecule is Cc1nc(Nc2ccc(NC(=O)Cc3ccc(F)cc3)cc2)cc(N2CCCC2)n1. The first-order valence-electron chi connectivity index (χ1n) is 10.1. The molecule has 0 spiro atoms. The molecule has 154 valence electrons. The molecule has 1 aliphatic heterocycles. The number of amides is 1. The fraction of sp³-hybridized carbons (Fsp3) is 0.261. The van der Waals surface area contributed by atoms with Crippen molar-refractivity contribution in [1.29, 1.82) is 0 Å². The lowest BCUT2D eigenvalue weighted by Crippen LogP contribution is -2.19. The Kier molecular flexibility index (Phi) is 5.88. The van der Waals surface area contributed by atoms with E-state index >= 15 is 0 Å². The molecule has 3 aromatic rings. The van der Waals surface area contributed by atoms with Crippen molar-refractivity contribution < 1.29 is 9.18 Å². The predicted octanol–water partition coefficient (Wildman–Crippen LogP) is 4.45. The smallest absolute Gasteiger partial charge is 0.228 e. The minimum atomic E-state index is -0.311. The Bertz CT molecular complexity index is 1010. The Labute approximate surface area is 175 Å². The summed E-state index contributed by atoms with van der Waals surface area (Å²) in [5.41, 5.74) is 2.33. The van der Waals surface area contributed by atoms with Crippen LogP contribution < -0.4 is 15.5 Å². The van der Waals surface area contributed by atoms with Crippen LogP contribution in [0.5, 0.6) is 0 Å². The number of aryl methyl sites for hydroxylation is 1. The van der Waals surface area contributed by atoms with Gasteiger partial charge < -0.3 is 15.5 Å². The molecule has 1 aromatic heterocycles. The molecule has 2 N–H and O–H groups in total. The summed E-state index contributed by atoms with van der Waals surface area (Å²) in [7, 11) is 0. The van der Waals surface area contributed by atoms with Crippen molar-refractivity contribution in [2.75, 3.05) is 28.6 Å². The number of carbonyl (C=O) groups is 1. The lowest BCUT2D eigenvalue weighted by atomic mass is 10.1. The van der Waals surface area contributed by atoms with Gasteiger partial charge in [-0.05, 0) is 61.7 Å². The molecule has 2 aromatic carbocycles. The number of carbonyl (C=O) groups excluding carboxylic acids is 1. The van der Waals surface area contributed by atoms with Gasteiger partial charge in [-0.3, -0.25) is 4.79 Å². The minimum Gasteiger partial charge on any atom is -0.356 e. The monoisotopic (exact) mass is 405 g/mol. The van der Waals surface area contributed by atoms with Gasteiger partial charge in [-0.25, -0.2) is 14.4 Å². The summed E-state index contributed by atoms with van der Waals surface area (Å²) in [6, 6.07) is 15.3. The lowest BCUT2D eigenvalue weighted by molar-refractivity contribution is -0.115. The van der Waals surface area contributed by atoms with Crippen LogP contribution in [0.25, 0.3) is 0 Å². The number of hydrogen-bond acceptors (Lipinski definition) is 5. The standard InChI is InChI=1S/C23H24FN5O/c1-16-25-21(15-22(26-16)29-12-2-3-13-29)27-19-8-10-20(11-9-19)28-23(30)14-17-4-6-18(24)7-5-17/h4-11,15H,2-3,12-14H2,1H3,(H,28,30)(H,25,26,27). The highest BCUT2D eigenvalue weighted by Crippen LogP contribution is 2.23. The number of hydrogen-bond donors (Lipinski definition) is 2. The zero-order valence-electron chi connectivity index (χ0n) is 16.9. The topological polar surface area (TPSA) is 70.2 Å². The summed E-state index contributed by atoms with van der Waals surface area (Å²) in [5.74, 6) is 1.97. The third kappa shape index (κ3) is 5.11. The van der Waals surface area contributed by atoms with Crippen LogP contribution in [0.1, 0.15) is 24.2 Å². The average molecular weight is 405 g/mol. The molecule has 1 amide bonds. The second-order valence-electron chi connectivity index (χ2n) is 7.41. The van der Waals surface area contributed by atoms with Crippen LogP contribution in [0.4, 0.5) is 27.4 Å². The van der Waals surface area contributed by atoms with E-state index in [2.05, 4.69) is 25.5 Å². The summed E-state index contributed by atoms with van der Waals surface area (Å²) in [5, 5.41) is 6.17. The number of rotatable bonds is 6. The Balaban J connectivity index is 1.37. The molecule has 2 heterocycles. The highest BCUT2D eigenvalue weighted by atomic mass is 19.1. The first kappa shape index (κ1) is 19.8. The van der Waals surface area contributed by atoms with Gasteiger partial charge in [0, 0.05) is 30.5 Å². The van der Waals surface area contributed by atoms with Crippen LogP contribution in [0.15, 0.2) is 54.6 Å². The largest absolute Gasteiger partial charge is 0.356 e. The maximum Gasteiger partial charge on any atom is 0.228 e. The molecule has 1 saturated heterocycles. The van der Waals surface area contributed by atoms with Crippen molar-refractivity contribution in [2.45, 2.75) is 26.2 Å². The zero-order chi connectivity index (χ0) is 20.9. The molecule has 0 aliphatic carbocycles. The summed E-state index contributed by atoms with van der Waals surface area (Å²) < 4.78 is 13.0. The van der Waals surface area contributed by atoms with Crippen molar-refractivity contribution in [1.82, 2.24) is 9.97 Å². The lowest BCUT2D eigenvalue weighted by Gasteiger charge is -2.18. The van der Waals surface area contributed by atoms with E-state index in [1.54, 1.807) is 12.1 Å². The molecule has 0 radical (unpaired) electrons. The van der Waals surface area contributed by atoms with E-state index in [9.17, 15) is 9.18 Å². The van der Waals surface area contributed by atoms with E-state index in [0.717, 1.165) is 41.8 Å². The molecule has 7 heteroatoms. The predicted molar refractivity (Wildman–Crippen MR) is 117 cm³/mol. The molecule has 1 aliphatic rings. The van der Waals surface area contributed by atoms with Gasteiger partial charge in [0.1, 0.15) is 23.3 Å². The number of anilines is 4. The quantitative estimate of drug-likeness (QED) is 0.634. The molecule has 0 atom stereocenters. The highest BCUT2D eigenvalue weighted by Gasteiger charge is 2.15. The third-order valence-corrected chi connectivity index (χ3v) is 4.97. The molecule has 4 rings (SSSR count). The molecule has 6 nitrogen and oxygen atoms in total. The molecule has 0 saturated carbocycles. The number of aromatic nitrogens is 2. The van der Waals surface area contributed by atoms with Gasteiger partial charge in [0.2, 0.25) is 5.91 Å². The number of nitrogens with zero attached hydrogens (tertiary/aromatic N) is 3. The van der Waals surface area contributed by atoms with Crippen LogP contribution in [0.3, 0.4) is 0 Å². The molecule has 0 bridgehead atoms. The van der Waals surface area contributed by atoms with E-state index in [1.165, 1.54) is 25.0 Å². The van der Waals surface area contributed by atoms with Gasteiger partial charge in [-0.1, -0.05) is 12.1 Å². The summed E-state index contributed by atoms with van der Waals surface area (Å²) >= 11 is 0. The van der Waals surface area contributed by atoms with Crippen LogP contribution in [0.2, 0.25) is 0 Å². The Morgan fingerprint density at radius 1 is 1.00 bits per heavy atom. The van der Waals surface area contributed by atoms with E-state index < -0.39 is 0 Å². The fourth-order valence-electron chi connectivity index (χ4n) is 3.50. The normalized spacial score (nSPS) is 13.3. The maximum absolute atomic E-state index is 13.0. The van der Waals surface area contributed by atoms with Crippen LogP contribution in [0, 0.1) is 12.7 Å². The highest BCUT2D eigenvalue weighted by molar-refractivity contribution is 5.92. The third-order valence-electron chi connectivity index (χ3n) is 4.97. The fourth-order valence-corrected chi connectivity index (χ4v) is 3.50. The number of nitrogens with one attached hydrogen (secondary N) is 2. The van der Waals surface area contributed by atoms with Gasteiger partial charge in [0.05, 0.1) is 6.42 Å². The van der Waals surface area contributed by atoms with Crippen molar-refractivity contribution >= 4 is 28.9 Å². The number of halogens is 1. The summed E-state index contributed by atoms with van der Waals surface area (Å²) in [6.07, 6.45) is 2.58. The Hall–Kier alpha value is -3.48. The summed E-state index contributed by atoms with van der Waals surface area (Å²) in [6.45, 7) is 3.95. The molecule has 1 fully saturated rings. The van der Waals surface area contributed by atoms with Crippen molar-refractivity contribution in [3.8, 4) is 0 Å². The molecular weight excluding hydrogens is 381 g/mol. The van der Waals surface area contributed by atoms with Crippen LogP contribution >= 0.6 is 0 Å².